The third kappa shape index (κ3) is 33.3. The Morgan fingerprint density at radius 2 is 0.707 bits per heavy atom. The van der Waals surface area contributed by atoms with Gasteiger partial charge in [-0.2, -0.15) is 0 Å². The van der Waals surface area contributed by atoms with Crippen molar-refractivity contribution in [1.29, 1.82) is 0 Å². The van der Waals surface area contributed by atoms with E-state index in [1.54, 1.807) is 53.7 Å². The minimum Gasteiger partial charge on any atom is -0.480 e. The van der Waals surface area contributed by atoms with Crippen LogP contribution in [0, 0.1) is 0 Å². The average molecular weight is 1170 g/mol. The fraction of sp³-hybridized carbons (Fsp3) is 0.692. The first-order valence-corrected chi connectivity index (χ1v) is 27.7. The van der Waals surface area contributed by atoms with E-state index in [-0.39, 0.29) is 195 Å². The molecule has 30 heteroatoms. The van der Waals surface area contributed by atoms with E-state index in [9.17, 15) is 83.7 Å². The predicted octanol–water partition coefficient (Wildman–Crippen LogP) is -3.20. The number of unbranched alkanes of at least 4 members (excludes halogenated alkanes) is 1. The van der Waals surface area contributed by atoms with Gasteiger partial charge in [0.1, 0.15) is 12.6 Å². The molecule has 1 atom stereocenters. The highest BCUT2D eigenvalue weighted by Gasteiger charge is 2.25. The van der Waals surface area contributed by atoms with Gasteiger partial charge in [-0.05, 0) is 57.3 Å². The fourth-order valence-electron chi connectivity index (χ4n) is 9.33. The van der Waals surface area contributed by atoms with Crippen LogP contribution in [0.25, 0.3) is 0 Å². The maximum absolute atomic E-state index is 13.4. The van der Waals surface area contributed by atoms with E-state index in [0.29, 0.717) is 45.3 Å². The van der Waals surface area contributed by atoms with Gasteiger partial charge in [-0.15, -0.1) is 0 Å². The molecule has 3 rings (SSSR count). The largest absolute Gasteiger partial charge is 0.480 e. The molecule has 30 nitrogen and oxygen atoms in total. The van der Waals surface area contributed by atoms with Crippen LogP contribution in [0.15, 0.2) is 30.3 Å². The average Bonchev–Trinajstić information content (AvgIpc) is 3.40. The summed E-state index contributed by atoms with van der Waals surface area (Å²) in [5.41, 5.74) is 0.733. The lowest BCUT2D eigenvalue weighted by Crippen LogP contribution is -2.50. The Morgan fingerprint density at radius 3 is 1.00 bits per heavy atom. The number of carbonyl (C=O) groups excluding carboxylic acids is 3. The SMILES string of the molecule is O=C(O)CN1CCN(CC(=O)O)CCN(CC(=O)NCCCN(CCCCC(NC(=O)OCc2ccccc2)C(=O)O)CCCNC(=O)CN2CCN(CC(=O)O)CCN(CC(=O)O)CCN(CC(=O)O)CC2)CCN(CC(=O)O)CC1. The molecule has 0 radical (unpaired) electrons. The molecule has 2 heterocycles. The van der Waals surface area contributed by atoms with Crippen molar-refractivity contribution < 1.29 is 88.4 Å². The maximum atomic E-state index is 13.4. The molecule has 2 aliphatic heterocycles. The number of carbonyl (C=O) groups is 10. The number of rotatable bonds is 33. The Balaban J connectivity index is 1.65. The van der Waals surface area contributed by atoms with Crippen molar-refractivity contribution in [2.45, 2.75) is 44.8 Å². The van der Waals surface area contributed by atoms with Crippen molar-refractivity contribution in [1.82, 2.24) is 60.0 Å². The summed E-state index contributed by atoms with van der Waals surface area (Å²) in [6, 6.07) is 7.71. The van der Waals surface area contributed by atoms with E-state index in [4.69, 9.17) is 4.74 Å². The van der Waals surface area contributed by atoms with Gasteiger partial charge in [-0.25, -0.2) is 9.59 Å². The lowest BCUT2D eigenvalue weighted by Gasteiger charge is -2.32. The van der Waals surface area contributed by atoms with Crippen molar-refractivity contribution in [3.8, 4) is 0 Å². The van der Waals surface area contributed by atoms with Crippen molar-refractivity contribution in [2.24, 2.45) is 0 Å². The minimum absolute atomic E-state index is 0.0392. The number of alkyl carbamates (subject to hydrolysis) is 1. The van der Waals surface area contributed by atoms with Crippen molar-refractivity contribution in [3.05, 3.63) is 35.9 Å². The molecule has 0 aromatic heterocycles. The molecule has 3 amide bonds. The van der Waals surface area contributed by atoms with Gasteiger partial charge >= 0.3 is 47.9 Å². The molecule has 0 saturated carbocycles. The fourth-order valence-corrected chi connectivity index (χ4v) is 9.33. The summed E-state index contributed by atoms with van der Waals surface area (Å²) in [4.78, 5) is 137. The summed E-state index contributed by atoms with van der Waals surface area (Å²) in [6.07, 6.45) is 1.15. The van der Waals surface area contributed by atoms with Gasteiger partial charge in [-0.3, -0.25) is 77.6 Å². The Labute approximate surface area is 477 Å². The summed E-state index contributed by atoms with van der Waals surface area (Å²) < 4.78 is 5.23. The Hall–Kier alpha value is -6.64. The van der Waals surface area contributed by atoms with Crippen LogP contribution in [-0.4, -0.2) is 335 Å². The molecule has 1 aromatic rings. The second kappa shape index (κ2) is 39.7. The molecule has 1 aromatic carbocycles. The monoisotopic (exact) mass is 1170 g/mol. The lowest BCUT2D eigenvalue weighted by molar-refractivity contribution is -0.140. The molecule has 0 spiro atoms. The van der Waals surface area contributed by atoms with Gasteiger partial charge in [0.05, 0.1) is 52.4 Å². The third-order valence-corrected chi connectivity index (χ3v) is 13.7. The van der Waals surface area contributed by atoms with Crippen LogP contribution in [0.3, 0.4) is 0 Å². The number of benzene rings is 1. The number of hydrogen-bond donors (Lipinski definition) is 10. The summed E-state index contributed by atoms with van der Waals surface area (Å²) in [5.74, 6) is -8.27. The lowest BCUT2D eigenvalue weighted by atomic mass is 10.1. The van der Waals surface area contributed by atoms with Crippen LogP contribution >= 0.6 is 0 Å². The zero-order valence-electron chi connectivity index (χ0n) is 46.9. The number of nitrogens with one attached hydrogen (secondary N) is 3. The molecule has 10 N–H and O–H groups in total. The molecule has 462 valence electrons. The summed E-state index contributed by atoms with van der Waals surface area (Å²) in [7, 11) is 0. The van der Waals surface area contributed by atoms with Crippen molar-refractivity contribution >= 4 is 59.7 Å². The third-order valence-electron chi connectivity index (χ3n) is 13.7. The molecular weight excluding hydrogens is 1080 g/mol. The highest BCUT2D eigenvalue weighted by atomic mass is 16.5. The molecule has 1 unspecified atom stereocenters. The number of carboxylic acid groups (broad SMARTS) is 7. The Bertz CT molecular complexity index is 2000. The second-order valence-corrected chi connectivity index (χ2v) is 20.4. The zero-order valence-corrected chi connectivity index (χ0v) is 46.9. The first kappa shape index (κ1) is 69.6. The predicted molar refractivity (Wildman–Crippen MR) is 294 cm³/mol. The van der Waals surface area contributed by atoms with E-state index in [2.05, 4.69) is 20.9 Å². The Morgan fingerprint density at radius 1 is 0.415 bits per heavy atom. The molecule has 2 aliphatic rings. The molecular formula is C52H86N12O18. The van der Waals surface area contributed by atoms with Crippen LogP contribution in [0.1, 0.15) is 37.7 Å². The van der Waals surface area contributed by atoms with E-state index in [0.717, 1.165) is 5.56 Å². The number of ether oxygens (including phenoxy) is 1. The highest BCUT2D eigenvalue weighted by Crippen LogP contribution is 2.09. The van der Waals surface area contributed by atoms with Crippen LogP contribution in [-0.2, 0) is 54.5 Å². The van der Waals surface area contributed by atoms with Gasteiger partial charge in [0.2, 0.25) is 11.8 Å². The molecule has 2 saturated heterocycles. The molecule has 0 aliphatic carbocycles. The van der Waals surface area contributed by atoms with E-state index in [1.165, 1.54) is 0 Å². The smallest absolute Gasteiger partial charge is 0.408 e. The highest BCUT2D eigenvalue weighted by molar-refractivity contribution is 5.80. The minimum atomic E-state index is -1.22. The first-order valence-electron chi connectivity index (χ1n) is 27.7. The van der Waals surface area contributed by atoms with Gasteiger partial charge in [0.25, 0.3) is 0 Å². The van der Waals surface area contributed by atoms with Crippen LogP contribution in [0.4, 0.5) is 4.79 Å². The van der Waals surface area contributed by atoms with Crippen LogP contribution < -0.4 is 16.0 Å². The Kier molecular flexibility index (Phi) is 33.7. The number of carboxylic acids is 7. The maximum Gasteiger partial charge on any atom is 0.408 e. The van der Waals surface area contributed by atoms with E-state index in [1.807, 2.05) is 15.9 Å². The van der Waals surface area contributed by atoms with Crippen LogP contribution in [0.2, 0.25) is 0 Å². The number of aliphatic carboxylic acids is 7. The summed E-state index contributed by atoms with van der Waals surface area (Å²) in [6.45, 7) is 3.88. The topological polar surface area (TPSA) is 387 Å². The quantitative estimate of drug-likeness (QED) is 0.0310. The molecule has 0 bridgehead atoms. The van der Waals surface area contributed by atoms with E-state index >= 15 is 0 Å². The number of nitrogens with zero attached hydrogens (tertiary/aromatic N) is 9. The van der Waals surface area contributed by atoms with Crippen molar-refractivity contribution in [3.63, 3.8) is 0 Å². The van der Waals surface area contributed by atoms with Gasteiger partial charge in [0.15, 0.2) is 0 Å². The van der Waals surface area contributed by atoms with Gasteiger partial charge < -0.3 is 61.3 Å². The standard InChI is InChI=1S/C52H86N12O18/c65-43(32-57-16-20-59(34-45(67)68)24-28-63(38-49(75)76)29-25-60(21-17-57)35-46(69)70)53-11-6-14-56(13-5-4-10-42(51(79)80)55-52(81)82-40-41-8-2-1-3-9-41)15-7-12-54-44(66)33-58-18-22-61(36-47(71)72)26-30-64(39-50(77)78)31-27-62(23-19-58)37-48(73)74/h1-3,8-9,42H,4-7,10-40H2,(H,53,65)(H,54,66)(H,55,81)(H,67,68)(H,69,70)(H,71,72)(H,73,74)(H,75,76)(H,77,78)(H,79,80). The van der Waals surface area contributed by atoms with Gasteiger partial charge in [-0.1, -0.05) is 30.3 Å². The molecule has 82 heavy (non-hydrogen) atoms. The normalized spacial score (nSPS) is 17.4. The second-order valence-electron chi connectivity index (χ2n) is 20.4. The summed E-state index contributed by atoms with van der Waals surface area (Å²) >= 11 is 0. The van der Waals surface area contributed by atoms with E-state index < -0.39 is 53.9 Å². The zero-order chi connectivity index (χ0) is 60.2. The van der Waals surface area contributed by atoms with Gasteiger partial charge in [0, 0.05) is 118 Å². The number of hydrogen-bond acceptors (Lipinski definition) is 20. The van der Waals surface area contributed by atoms with Crippen LogP contribution in [0.5, 0.6) is 0 Å². The first-order chi connectivity index (χ1) is 39.1. The molecule has 2 fully saturated rings. The van der Waals surface area contributed by atoms with Crippen molar-refractivity contribution in [2.75, 3.05) is 190 Å². The number of amides is 3. The summed E-state index contributed by atoms with van der Waals surface area (Å²) in [5, 5.41) is 75.5.